The normalized spacial score (nSPS) is 25.3. The quantitative estimate of drug-likeness (QED) is 0.572. The van der Waals surface area contributed by atoms with Gasteiger partial charge in [0.15, 0.2) is 0 Å². The van der Waals surface area contributed by atoms with Crippen molar-refractivity contribution < 1.29 is 0 Å². The van der Waals surface area contributed by atoms with E-state index in [9.17, 15) is 0 Å². The summed E-state index contributed by atoms with van der Waals surface area (Å²) in [5.74, 6) is 0.840. The molecule has 0 atom stereocenters. The van der Waals surface area contributed by atoms with Crippen LogP contribution in [-0.2, 0) is 0 Å². The van der Waals surface area contributed by atoms with Crippen molar-refractivity contribution in [2.75, 3.05) is 0 Å². The molecule has 14 heavy (non-hydrogen) atoms. The van der Waals surface area contributed by atoms with Gasteiger partial charge in [0.05, 0.1) is 0 Å². The molecule has 0 nitrogen and oxygen atoms in total. The van der Waals surface area contributed by atoms with E-state index in [2.05, 4.69) is 18.2 Å². The van der Waals surface area contributed by atoms with Crippen LogP contribution in [0, 0.1) is 12.0 Å². The smallest absolute Gasteiger partial charge is 0.0159 e. The van der Waals surface area contributed by atoms with Crippen LogP contribution in [0.15, 0.2) is 17.7 Å². The minimum atomic E-state index is 0.840. The fourth-order valence-corrected chi connectivity index (χ4v) is 2.62. The first-order valence-corrected chi connectivity index (χ1v) is 6.24. The lowest BCUT2D eigenvalue weighted by molar-refractivity contribution is 0.422. The van der Waals surface area contributed by atoms with Crippen molar-refractivity contribution in [1.82, 2.24) is 0 Å². The largest absolute Gasteiger partial charge is 0.0839 e. The maximum atomic E-state index is 3.57. The third-order valence-electron chi connectivity index (χ3n) is 3.48. The minimum absolute atomic E-state index is 0.840. The van der Waals surface area contributed by atoms with Gasteiger partial charge in [0.2, 0.25) is 0 Å². The van der Waals surface area contributed by atoms with Crippen LogP contribution in [0.1, 0.15) is 57.8 Å². The van der Waals surface area contributed by atoms with Crippen LogP contribution in [0.3, 0.4) is 0 Å². The molecular weight excluding hydrogens is 168 g/mol. The van der Waals surface area contributed by atoms with E-state index in [4.69, 9.17) is 0 Å². The van der Waals surface area contributed by atoms with Crippen LogP contribution in [-0.4, -0.2) is 0 Å². The molecule has 2 aliphatic rings. The molecule has 0 unspecified atom stereocenters. The molecule has 0 aromatic rings. The first-order valence-electron chi connectivity index (χ1n) is 6.24. The van der Waals surface area contributed by atoms with Crippen LogP contribution >= 0.6 is 0 Å². The Kier molecular flexibility index (Phi) is 3.85. The summed E-state index contributed by atoms with van der Waals surface area (Å²) in [6, 6.07) is 0. The number of hydrogen-bond acceptors (Lipinski definition) is 0. The summed E-state index contributed by atoms with van der Waals surface area (Å²) in [5.41, 5.74) is 1.53. The van der Waals surface area contributed by atoms with Gasteiger partial charge in [-0.15, -0.1) is 0 Å². The molecule has 2 aliphatic carbocycles. The Hall–Kier alpha value is -0.520. The highest BCUT2D eigenvalue weighted by molar-refractivity contribution is 5.21. The Labute approximate surface area is 88.1 Å². The van der Waals surface area contributed by atoms with Gasteiger partial charge in [-0.1, -0.05) is 44.3 Å². The second kappa shape index (κ2) is 5.38. The molecule has 0 heterocycles. The number of hydrogen-bond donors (Lipinski definition) is 0. The Bertz CT molecular complexity index is 214. The van der Waals surface area contributed by atoms with Crippen molar-refractivity contribution in [2.24, 2.45) is 5.92 Å². The molecule has 2 rings (SSSR count). The van der Waals surface area contributed by atoms with E-state index in [1.165, 1.54) is 56.9 Å². The van der Waals surface area contributed by atoms with Gasteiger partial charge in [-0.2, -0.15) is 0 Å². The molecule has 0 heteroatoms. The van der Waals surface area contributed by atoms with Gasteiger partial charge in [-0.25, -0.2) is 0 Å². The highest BCUT2D eigenvalue weighted by atomic mass is 14.2. The lowest BCUT2D eigenvalue weighted by Gasteiger charge is -2.22. The molecule has 1 radical (unpaired) electrons. The molecule has 0 spiro atoms. The molecule has 0 aromatic heterocycles. The number of rotatable bonds is 1. The monoisotopic (exact) mass is 189 g/mol. The second-order valence-electron chi connectivity index (χ2n) is 4.62. The maximum Gasteiger partial charge on any atom is -0.0159 e. The predicted molar refractivity (Wildman–Crippen MR) is 60.9 cm³/mol. The van der Waals surface area contributed by atoms with E-state index >= 15 is 0 Å². The van der Waals surface area contributed by atoms with E-state index in [0.29, 0.717) is 0 Å². The van der Waals surface area contributed by atoms with Gasteiger partial charge >= 0.3 is 0 Å². The molecular formula is C14H21. The first kappa shape index (κ1) is 10.0. The summed E-state index contributed by atoms with van der Waals surface area (Å²) >= 11 is 0. The van der Waals surface area contributed by atoms with E-state index < -0.39 is 0 Å². The van der Waals surface area contributed by atoms with E-state index in [0.717, 1.165) is 12.3 Å². The summed E-state index contributed by atoms with van der Waals surface area (Å²) in [6.45, 7) is 0. The Morgan fingerprint density at radius 2 is 1.71 bits per heavy atom. The highest BCUT2D eigenvalue weighted by Crippen LogP contribution is 2.30. The van der Waals surface area contributed by atoms with E-state index in [1.807, 2.05) is 0 Å². The molecule has 1 fully saturated rings. The van der Waals surface area contributed by atoms with Crippen LogP contribution in [0.2, 0.25) is 0 Å². The molecule has 1 saturated carbocycles. The summed E-state index contributed by atoms with van der Waals surface area (Å²) in [4.78, 5) is 0. The van der Waals surface area contributed by atoms with Crippen molar-refractivity contribution in [2.45, 2.75) is 57.8 Å². The van der Waals surface area contributed by atoms with Crippen molar-refractivity contribution in [3.63, 3.8) is 0 Å². The molecule has 77 valence electrons. The van der Waals surface area contributed by atoms with E-state index in [-0.39, 0.29) is 0 Å². The predicted octanol–water partition coefficient (Wildman–Crippen LogP) is 4.43. The molecule has 0 saturated heterocycles. The number of allylic oxidation sites excluding steroid dienone is 4. The van der Waals surface area contributed by atoms with Gasteiger partial charge in [0.25, 0.3) is 0 Å². The lowest BCUT2D eigenvalue weighted by Crippen LogP contribution is -2.07. The van der Waals surface area contributed by atoms with E-state index in [1.54, 1.807) is 0 Å². The Morgan fingerprint density at radius 1 is 1.00 bits per heavy atom. The first-order chi connectivity index (χ1) is 6.97. The molecule has 0 bridgehead atoms. The van der Waals surface area contributed by atoms with Crippen molar-refractivity contribution in [3.05, 3.63) is 23.8 Å². The molecule has 0 N–H and O–H groups in total. The van der Waals surface area contributed by atoms with Crippen LogP contribution in [0.4, 0.5) is 0 Å². The van der Waals surface area contributed by atoms with Crippen molar-refractivity contribution in [3.8, 4) is 0 Å². The van der Waals surface area contributed by atoms with Crippen LogP contribution < -0.4 is 0 Å². The highest BCUT2D eigenvalue weighted by Gasteiger charge is 2.14. The summed E-state index contributed by atoms with van der Waals surface area (Å²) in [7, 11) is 0. The van der Waals surface area contributed by atoms with Gasteiger partial charge in [0.1, 0.15) is 0 Å². The zero-order valence-corrected chi connectivity index (χ0v) is 9.10. The Morgan fingerprint density at radius 3 is 2.36 bits per heavy atom. The molecule has 0 amide bonds. The Balaban J connectivity index is 1.93. The zero-order chi connectivity index (χ0) is 9.64. The van der Waals surface area contributed by atoms with Gasteiger partial charge in [-0.05, 0) is 43.3 Å². The molecule has 0 aliphatic heterocycles. The summed E-state index contributed by atoms with van der Waals surface area (Å²) in [6.07, 6.45) is 20.6. The lowest BCUT2D eigenvalue weighted by atomic mass is 9.84. The minimum Gasteiger partial charge on any atom is -0.0839 e. The van der Waals surface area contributed by atoms with Gasteiger partial charge in [-0.3, -0.25) is 0 Å². The zero-order valence-electron chi connectivity index (χ0n) is 9.10. The average Bonchev–Trinajstić information content (AvgIpc) is 2.18. The van der Waals surface area contributed by atoms with Crippen LogP contribution in [0.25, 0.3) is 0 Å². The average molecular weight is 189 g/mol. The fourth-order valence-electron chi connectivity index (χ4n) is 2.62. The third kappa shape index (κ3) is 2.73. The summed E-state index contributed by atoms with van der Waals surface area (Å²) in [5, 5.41) is 0. The summed E-state index contributed by atoms with van der Waals surface area (Å²) < 4.78 is 0. The van der Waals surface area contributed by atoms with Gasteiger partial charge in [0, 0.05) is 0 Å². The molecule has 0 aromatic carbocycles. The standard InChI is InChI=1S/C14H21/c1-2-5-9-13(10-6-3-1)14-11-7-4-8-12-14/h7,11,13H,1-6,8-10H2. The maximum absolute atomic E-state index is 3.57. The SMILES string of the molecule is [C]1=C(C2CCCCCCC2)C=CCC1. The second-order valence-corrected chi connectivity index (χ2v) is 4.62. The van der Waals surface area contributed by atoms with Gasteiger partial charge < -0.3 is 0 Å². The van der Waals surface area contributed by atoms with Crippen LogP contribution in [0.5, 0.6) is 0 Å². The van der Waals surface area contributed by atoms with Crippen molar-refractivity contribution in [1.29, 1.82) is 0 Å². The van der Waals surface area contributed by atoms with Crippen molar-refractivity contribution >= 4 is 0 Å². The fraction of sp³-hybridized carbons (Fsp3) is 0.714. The topological polar surface area (TPSA) is 0 Å². The third-order valence-corrected chi connectivity index (χ3v) is 3.48.